The Morgan fingerprint density at radius 1 is 1.22 bits per heavy atom. The second-order valence-electron chi connectivity index (χ2n) is 5.99. The molecular formula is C19H18F3N3O2. The van der Waals surface area contributed by atoms with Gasteiger partial charge in [-0.05, 0) is 54.4 Å². The van der Waals surface area contributed by atoms with Crippen molar-refractivity contribution in [1.82, 2.24) is 10.3 Å². The molecule has 0 atom stereocenters. The lowest BCUT2D eigenvalue weighted by Crippen LogP contribution is -2.21. The van der Waals surface area contributed by atoms with Gasteiger partial charge in [0, 0.05) is 18.4 Å². The lowest BCUT2D eigenvalue weighted by Gasteiger charge is -2.16. The fourth-order valence-corrected chi connectivity index (χ4v) is 2.83. The monoisotopic (exact) mass is 377 g/mol. The highest BCUT2D eigenvalue weighted by atomic mass is 19.4. The summed E-state index contributed by atoms with van der Waals surface area (Å²) < 4.78 is 40.3. The number of hydrogen-bond donors (Lipinski definition) is 2. The van der Waals surface area contributed by atoms with Crippen molar-refractivity contribution >= 4 is 17.2 Å². The molecule has 2 N–H and O–H groups in total. The minimum atomic E-state index is -4.75. The van der Waals surface area contributed by atoms with Gasteiger partial charge < -0.3 is 15.4 Å². The van der Waals surface area contributed by atoms with Gasteiger partial charge in [-0.2, -0.15) is 0 Å². The van der Waals surface area contributed by atoms with Crippen LogP contribution in [0.1, 0.15) is 17.7 Å². The molecule has 5 nitrogen and oxygen atoms in total. The molecule has 0 spiro atoms. The van der Waals surface area contributed by atoms with Crippen LogP contribution in [0.2, 0.25) is 0 Å². The number of rotatable bonds is 5. The van der Waals surface area contributed by atoms with Crippen molar-refractivity contribution in [2.75, 3.05) is 18.4 Å². The fourth-order valence-electron chi connectivity index (χ4n) is 2.83. The number of aromatic nitrogens is 1. The maximum absolute atomic E-state index is 12.3. The van der Waals surface area contributed by atoms with Gasteiger partial charge in [0.05, 0.1) is 12.1 Å². The van der Waals surface area contributed by atoms with Crippen LogP contribution >= 0.6 is 0 Å². The maximum Gasteiger partial charge on any atom is 0.573 e. The zero-order valence-electron chi connectivity index (χ0n) is 14.3. The van der Waals surface area contributed by atoms with Gasteiger partial charge in [-0.3, -0.25) is 9.78 Å². The van der Waals surface area contributed by atoms with Crippen LogP contribution in [-0.4, -0.2) is 30.3 Å². The van der Waals surface area contributed by atoms with Crippen molar-refractivity contribution in [3.63, 3.8) is 0 Å². The number of amides is 1. The smallest absolute Gasteiger partial charge is 0.406 e. The minimum Gasteiger partial charge on any atom is -0.406 e. The first-order valence-corrected chi connectivity index (χ1v) is 8.40. The van der Waals surface area contributed by atoms with E-state index >= 15 is 0 Å². The van der Waals surface area contributed by atoms with Crippen LogP contribution in [0.25, 0.3) is 5.57 Å². The number of pyridine rings is 1. The molecule has 2 aromatic rings. The number of carbonyl (C=O) groups excluding carboxylic acids is 1. The van der Waals surface area contributed by atoms with Crippen molar-refractivity contribution in [1.29, 1.82) is 0 Å². The summed E-state index contributed by atoms with van der Waals surface area (Å²) in [7, 11) is 0. The van der Waals surface area contributed by atoms with Crippen molar-refractivity contribution in [3.05, 3.63) is 59.9 Å². The molecule has 1 aliphatic heterocycles. The molecule has 1 aromatic heterocycles. The molecular weight excluding hydrogens is 359 g/mol. The van der Waals surface area contributed by atoms with Crippen molar-refractivity contribution < 1.29 is 22.7 Å². The van der Waals surface area contributed by atoms with Gasteiger partial charge in [0.1, 0.15) is 5.75 Å². The molecule has 27 heavy (non-hydrogen) atoms. The van der Waals surface area contributed by atoms with Crippen LogP contribution in [0.15, 0.2) is 48.7 Å². The Bertz CT molecular complexity index is 833. The second-order valence-corrected chi connectivity index (χ2v) is 5.99. The predicted octanol–water partition coefficient (Wildman–Crippen LogP) is 3.54. The lowest BCUT2D eigenvalue weighted by molar-refractivity contribution is -0.274. The minimum absolute atomic E-state index is 0.120. The summed E-state index contributed by atoms with van der Waals surface area (Å²) >= 11 is 0. The first kappa shape index (κ1) is 18.9. The number of nitrogens with one attached hydrogen (secondary N) is 2. The first-order chi connectivity index (χ1) is 12.9. The third-order valence-corrected chi connectivity index (χ3v) is 3.98. The van der Waals surface area contributed by atoms with E-state index < -0.39 is 6.36 Å². The molecule has 0 unspecified atom stereocenters. The first-order valence-electron chi connectivity index (χ1n) is 8.40. The Labute approximate surface area is 154 Å². The van der Waals surface area contributed by atoms with Crippen LogP contribution in [0, 0.1) is 0 Å². The summed E-state index contributed by atoms with van der Waals surface area (Å²) in [6, 6.07) is 8.65. The molecule has 0 aliphatic carbocycles. The number of halogens is 3. The van der Waals surface area contributed by atoms with Crippen LogP contribution in [0.3, 0.4) is 0 Å². The van der Waals surface area contributed by atoms with E-state index in [-0.39, 0.29) is 18.1 Å². The zero-order chi connectivity index (χ0) is 19.3. The van der Waals surface area contributed by atoms with Gasteiger partial charge in [0.15, 0.2) is 0 Å². The summed E-state index contributed by atoms with van der Waals surface area (Å²) in [6.07, 6.45) is -0.0303. The van der Waals surface area contributed by atoms with Gasteiger partial charge in [0.25, 0.3) is 0 Å². The Morgan fingerprint density at radius 2 is 2.00 bits per heavy atom. The lowest BCUT2D eigenvalue weighted by atomic mass is 9.99. The number of anilines is 1. The van der Waals surface area contributed by atoms with Crippen molar-refractivity contribution in [2.24, 2.45) is 0 Å². The van der Waals surface area contributed by atoms with E-state index in [2.05, 4.69) is 26.4 Å². The Kier molecular flexibility index (Phi) is 5.75. The summed E-state index contributed by atoms with van der Waals surface area (Å²) in [6.45, 7) is 1.63. The van der Waals surface area contributed by atoms with Crippen LogP contribution in [-0.2, 0) is 11.2 Å². The fraction of sp³-hybridized carbons (Fsp3) is 0.263. The highest BCUT2D eigenvalue weighted by molar-refractivity contribution is 5.93. The number of carbonyl (C=O) groups is 1. The standard InChI is InChI=1S/C19H18F3N3O2/c20-19(21,22)27-16-5-3-15(4-6-16)25-17(26)12-14-2-1-9-24-18(14)13-7-10-23-11-8-13/h1-7,9,23H,8,10-12H2,(H,25,26). The highest BCUT2D eigenvalue weighted by Crippen LogP contribution is 2.25. The molecule has 0 fully saturated rings. The summed E-state index contributed by atoms with van der Waals surface area (Å²) in [5.74, 6) is -0.615. The van der Waals surface area contributed by atoms with Gasteiger partial charge in [-0.1, -0.05) is 12.1 Å². The molecule has 8 heteroatoms. The topological polar surface area (TPSA) is 63.2 Å². The number of benzene rings is 1. The van der Waals surface area contributed by atoms with Gasteiger partial charge >= 0.3 is 6.36 Å². The predicted molar refractivity (Wildman–Crippen MR) is 95.2 cm³/mol. The summed E-state index contributed by atoms with van der Waals surface area (Å²) in [5, 5.41) is 5.91. The van der Waals surface area contributed by atoms with E-state index in [4.69, 9.17) is 0 Å². The normalized spacial score (nSPS) is 14.4. The average Bonchev–Trinajstić information content (AvgIpc) is 2.63. The van der Waals surface area contributed by atoms with Crippen molar-refractivity contribution in [2.45, 2.75) is 19.2 Å². The van der Waals surface area contributed by atoms with Crippen LogP contribution < -0.4 is 15.4 Å². The van der Waals surface area contributed by atoms with E-state index in [1.165, 1.54) is 12.1 Å². The van der Waals surface area contributed by atoms with Crippen LogP contribution in [0.5, 0.6) is 5.75 Å². The van der Waals surface area contributed by atoms with E-state index in [1.54, 1.807) is 12.3 Å². The molecule has 2 heterocycles. The van der Waals surface area contributed by atoms with Crippen molar-refractivity contribution in [3.8, 4) is 5.75 Å². The molecule has 142 valence electrons. The zero-order valence-corrected chi connectivity index (χ0v) is 14.3. The Hall–Kier alpha value is -2.87. The maximum atomic E-state index is 12.3. The van der Waals surface area contributed by atoms with Crippen LogP contribution in [0.4, 0.5) is 18.9 Å². The molecule has 0 radical (unpaired) electrons. The third-order valence-electron chi connectivity index (χ3n) is 3.98. The molecule has 0 saturated heterocycles. The number of ether oxygens (including phenoxy) is 1. The van der Waals surface area contributed by atoms with E-state index in [9.17, 15) is 18.0 Å². The average molecular weight is 377 g/mol. The molecule has 1 aromatic carbocycles. The van der Waals surface area contributed by atoms with E-state index in [1.807, 2.05) is 6.07 Å². The third kappa shape index (κ3) is 5.55. The Morgan fingerprint density at radius 3 is 2.67 bits per heavy atom. The molecule has 0 saturated carbocycles. The number of hydrogen-bond acceptors (Lipinski definition) is 4. The number of alkyl halides is 3. The summed E-state index contributed by atoms with van der Waals surface area (Å²) in [5.41, 5.74) is 3.11. The summed E-state index contributed by atoms with van der Waals surface area (Å²) in [4.78, 5) is 16.8. The second kappa shape index (κ2) is 8.22. The largest absolute Gasteiger partial charge is 0.573 e. The van der Waals surface area contributed by atoms with Gasteiger partial charge in [-0.25, -0.2) is 0 Å². The van der Waals surface area contributed by atoms with E-state index in [0.29, 0.717) is 5.69 Å². The highest BCUT2D eigenvalue weighted by Gasteiger charge is 2.30. The Balaban J connectivity index is 1.65. The molecule has 3 rings (SSSR count). The van der Waals surface area contributed by atoms with E-state index in [0.717, 1.165) is 48.5 Å². The molecule has 0 bridgehead atoms. The van der Waals surface area contributed by atoms with Gasteiger partial charge in [0.2, 0.25) is 5.91 Å². The SMILES string of the molecule is O=C(Cc1cccnc1C1=CCNCC1)Nc1ccc(OC(F)(F)F)cc1. The van der Waals surface area contributed by atoms with Gasteiger partial charge in [-0.15, -0.1) is 13.2 Å². The molecule has 1 aliphatic rings. The molecule has 1 amide bonds. The quantitative estimate of drug-likeness (QED) is 0.837. The number of nitrogens with zero attached hydrogens (tertiary/aromatic N) is 1.